The molecule has 1 aliphatic heterocycles. The molecule has 122 valence electrons. The number of hydrogen-bond acceptors (Lipinski definition) is 4. The molecule has 1 amide bonds. The van der Waals surface area contributed by atoms with Crippen LogP contribution in [0.25, 0.3) is 6.08 Å². The number of nitrogens with zero attached hydrogens (tertiary/aromatic N) is 1. The summed E-state index contributed by atoms with van der Waals surface area (Å²) in [4.78, 5) is 12.1. The summed E-state index contributed by atoms with van der Waals surface area (Å²) in [5.74, 6) is -0.0839. The van der Waals surface area contributed by atoms with Gasteiger partial charge in [0.2, 0.25) is 0 Å². The maximum atomic E-state index is 12.1. The summed E-state index contributed by atoms with van der Waals surface area (Å²) in [6, 6.07) is 9.12. The van der Waals surface area contributed by atoms with Gasteiger partial charge in [-0.2, -0.15) is 5.26 Å². The molecule has 1 heterocycles. The first-order valence-corrected chi connectivity index (χ1v) is 9.36. The molecule has 0 unspecified atom stereocenters. The molecule has 0 spiro atoms. The van der Waals surface area contributed by atoms with E-state index in [0.717, 1.165) is 5.56 Å². The lowest BCUT2D eigenvalue weighted by Crippen LogP contribution is -2.36. The van der Waals surface area contributed by atoms with Crippen LogP contribution >= 0.6 is 0 Å². The van der Waals surface area contributed by atoms with Crippen molar-refractivity contribution in [1.82, 2.24) is 5.32 Å². The van der Waals surface area contributed by atoms with Crippen LogP contribution < -0.4 is 5.32 Å². The molecule has 0 radical (unpaired) electrons. The molecule has 1 fully saturated rings. The highest BCUT2D eigenvalue weighted by atomic mass is 32.2. The van der Waals surface area contributed by atoms with Gasteiger partial charge in [-0.05, 0) is 29.5 Å². The lowest BCUT2D eigenvalue weighted by atomic mass is 10.0. The third kappa shape index (κ3) is 4.67. The van der Waals surface area contributed by atoms with Crippen molar-refractivity contribution in [3.05, 3.63) is 41.0 Å². The average molecular weight is 332 g/mol. The van der Waals surface area contributed by atoms with Crippen LogP contribution in [0.4, 0.5) is 0 Å². The van der Waals surface area contributed by atoms with E-state index in [1.54, 1.807) is 0 Å². The summed E-state index contributed by atoms with van der Waals surface area (Å²) in [6.45, 7) is 4.18. The zero-order valence-electron chi connectivity index (χ0n) is 13.2. The van der Waals surface area contributed by atoms with Gasteiger partial charge >= 0.3 is 0 Å². The van der Waals surface area contributed by atoms with Crippen LogP contribution in [0.5, 0.6) is 0 Å². The lowest BCUT2D eigenvalue weighted by molar-refractivity contribution is -0.117. The smallest absolute Gasteiger partial charge is 0.262 e. The van der Waals surface area contributed by atoms with Gasteiger partial charge in [-0.25, -0.2) is 8.42 Å². The second kappa shape index (κ2) is 6.97. The monoisotopic (exact) mass is 332 g/mol. The number of carbonyl (C=O) groups is 1. The molecule has 1 aromatic rings. The van der Waals surface area contributed by atoms with E-state index in [0.29, 0.717) is 12.3 Å². The molecule has 1 aliphatic rings. The van der Waals surface area contributed by atoms with Crippen LogP contribution in [0, 0.1) is 11.3 Å². The fraction of sp³-hybridized carbons (Fsp3) is 0.412. The number of hydrogen-bond donors (Lipinski definition) is 1. The van der Waals surface area contributed by atoms with Gasteiger partial charge in [0, 0.05) is 6.04 Å². The van der Waals surface area contributed by atoms with Crippen molar-refractivity contribution >= 4 is 21.8 Å². The Balaban J connectivity index is 2.09. The Morgan fingerprint density at radius 1 is 1.35 bits per heavy atom. The van der Waals surface area contributed by atoms with Crippen molar-refractivity contribution in [2.45, 2.75) is 32.2 Å². The molecule has 0 bridgehead atoms. The standard InChI is InChI=1S/C17H20N2O3S/c1-12(2)14-5-3-13(4-6-14)9-15(10-18)17(20)19-16-7-8-23(21,22)11-16/h3-6,9,12,16H,7-8,11H2,1-2H3,(H,19,20)/b15-9+/t16-/m1/s1. The minimum atomic E-state index is -3.06. The topological polar surface area (TPSA) is 87.0 Å². The first kappa shape index (κ1) is 17.2. The molecule has 1 aromatic carbocycles. The van der Waals surface area contributed by atoms with E-state index in [1.165, 1.54) is 11.6 Å². The van der Waals surface area contributed by atoms with Gasteiger partial charge in [0.25, 0.3) is 5.91 Å². The molecule has 1 N–H and O–H groups in total. The van der Waals surface area contributed by atoms with Crippen LogP contribution in [-0.2, 0) is 14.6 Å². The van der Waals surface area contributed by atoms with Gasteiger partial charge in [0.1, 0.15) is 11.6 Å². The highest BCUT2D eigenvalue weighted by Crippen LogP contribution is 2.17. The minimum Gasteiger partial charge on any atom is -0.348 e. The van der Waals surface area contributed by atoms with Crippen molar-refractivity contribution in [3.8, 4) is 6.07 Å². The molecule has 0 aliphatic carbocycles. The van der Waals surface area contributed by atoms with Crippen molar-refractivity contribution in [2.24, 2.45) is 0 Å². The first-order valence-electron chi connectivity index (χ1n) is 7.54. The average Bonchev–Trinajstić information content (AvgIpc) is 2.83. The Hall–Kier alpha value is -2.13. The molecule has 23 heavy (non-hydrogen) atoms. The molecule has 2 rings (SSSR count). The first-order chi connectivity index (χ1) is 10.8. The quantitative estimate of drug-likeness (QED) is 0.675. The lowest BCUT2D eigenvalue weighted by Gasteiger charge is -2.10. The number of nitriles is 1. The van der Waals surface area contributed by atoms with Gasteiger partial charge in [0.15, 0.2) is 9.84 Å². The number of sulfone groups is 1. The highest BCUT2D eigenvalue weighted by molar-refractivity contribution is 7.91. The predicted octanol–water partition coefficient (Wildman–Crippen LogP) is 2.02. The van der Waals surface area contributed by atoms with Crippen LogP contribution in [0.3, 0.4) is 0 Å². The van der Waals surface area contributed by atoms with E-state index >= 15 is 0 Å². The molecule has 5 nitrogen and oxygen atoms in total. The van der Waals surface area contributed by atoms with E-state index in [-0.39, 0.29) is 17.1 Å². The number of rotatable bonds is 4. The second-order valence-electron chi connectivity index (χ2n) is 6.06. The van der Waals surface area contributed by atoms with Crippen LogP contribution in [0.1, 0.15) is 37.3 Å². The fourth-order valence-corrected chi connectivity index (χ4v) is 4.14. The Kier molecular flexibility index (Phi) is 5.22. The van der Waals surface area contributed by atoms with E-state index in [1.807, 2.05) is 30.3 Å². The summed E-state index contributed by atoms with van der Waals surface area (Å²) in [5, 5.41) is 11.8. The third-order valence-corrected chi connectivity index (χ3v) is 5.61. The zero-order chi connectivity index (χ0) is 17.0. The summed E-state index contributed by atoms with van der Waals surface area (Å²) in [7, 11) is -3.06. The maximum absolute atomic E-state index is 12.1. The summed E-state index contributed by atoms with van der Waals surface area (Å²) < 4.78 is 22.8. The summed E-state index contributed by atoms with van der Waals surface area (Å²) in [6.07, 6.45) is 1.92. The van der Waals surface area contributed by atoms with Gasteiger partial charge in [0.05, 0.1) is 11.5 Å². The Morgan fingerprint density at radius 3 is 2.48 bits per heavy atom. The fourth-order valence-electron chi connectivity index (χ4n) is 2.46. The second-order valence-corrected chi connectivity index (χ2v) is 8.29. The third-order valence-electron chi connectivity index (χ3n) is 3.85. The molecule has 1 saturated heterocycles. The van der Waals surface area contributed by atoms with Crippen LogP contribution in [-0.4, -0.2) is 31.9 Å². The number of amides is 1. The van der Waals surface area contributed by atoms with Crippen molar-refractivity contribution in [1.29, 1.82) is 5.26 Å². The Bertz CT molecular complexity index is 756. The summed E-state index contributed by atoms with van der Waals surface area (Å²) >= 11 is 0. The van der Waals surface area contributed by atoms with Crippen molar-refractivity contribution < 1.29 is 13.2 Å². The van der Waals surface area contributed by atoms with Gasteiger partial charge in [-0.3, -0.25) is 4.79 Å². The maximum Gasteiger partial charge on any atom is 0.262 e. The number of nitrogens with one attached hydrogen (secondary N) is 1. The molecular weight excluding hydrogens is 312 g/mol. The number of benzene rings is 1. The molecule has 0 saturated carbocycles. The molecule has 1 atom stereocenters. The largest absolute Gasteiger partial charge is 0.348 e. The van der Waals surface area contributed by atoms with E-state index < -0.39 is 21.8 Å². The Morgan fingerprint density at radius 2 is 2.00 bits per heavy atom. The van der Waals surface area contributed by atoms with Crippen molar-refractivity contribution in [2.75, 3.05) is 11.5 Å². The van der Waals surface area contributed by atoms with E-state index in [4.69, 9.17) is 0 Å². The normalized spacial score (nSPS) is 20.3. The van der Waals surface area contributed by atoms with Gasteiger partial charge in [-0.15, -0.1) is 0 Å². The van der Waals surface area contributed by atoms with Gasteiger partial charge < -0.3 is 5.32 Å². The minimum absolute atomic E-state index is 0.0217. The Labute approximate surface area is 136 Å². The molecular formula is C17H20N2O3S. The van der Waals surface area contributed by atoms with Crippen molar-refractivity contribution in [3.63, 3.8) is 0 Å². The molecule has 6 heteroatoms. The van der Waals surface area contributed by atoms with E-state index in [2.05, 4.69) is 19.2 Å². The SMILES string of the molecule is CC(C)c1ccc(/C=C(\C#N)C(=O)N[C@@H]2CCS(=O)(=O)C2)cc1. The zero-order valence-corrected chi connectivity index (χ0v) is 14.1. The van der Waals surface area contributed by atoms with Crippen LogP contribution in [0.2, 0.25) is 0 Å². The summed E-state index contributed by atoms with van der Waals surface area (Å²) in [5.41, 5.74) is 1.92. The molecule has 0 aromatic heterocycles. The highest BCUT2D eigenvalue weighted by Gasteiger charge is 2.29. The predicted molar refractivity (Wildman–Crippen MR) is 89.3 cm³/mol. The van der Waals surface area contributed by atoms with E-state index in [9.17, 15) is 18.5 Å². The number of carbonyl (C=O) groups excluding carboxylic acids is 1. The van der Waals surface area contributed by atoms with Gasteiger partial charge in [-0.1, -0.05) is 38.1 Å². The van der Waals surface area contributed by atoms with Crippen LogP contribution in [0.15, 0.2) is 29.8 Å².